The minimum Gasteiger partial charge on any atom is -0.319 e. The molecule has 3 N–H and O–H groups in total. The van der Waals surface area contributed by atoms with E-state index in [1.807, 2.05) is 4.98 Å². The minimum atomic E-state index is -0.847. The summed E-state index contributed by atoms with van der Waals surface area (Å²) in [6, 6.07) is 2.12. The molecule has 0 saturated carbocycles. The van der Waals surface area contributed by atoms with Gasteiger partial charge in [-0.2, -0.15) is 0 Å². The van der Waals surface area contributed by atoms with Crippen LogP contribution in [0.25, 0.3) is 0 Å². The Morgan fingerprint density at radius 1 is 1.35 bits per heavy atom. The Labute approximate surface area is 124 Å². The molecular weight excluding hydrogens is 356 g/mol. The maximum atomic E-state index is 13.1. The summed E-state index contributed by atoms with van der Waals surface area (Å²) in [7, 11) is 0. The van der Waals surface area contributed by atoms with Gasteiger partial charge in [0.1, 0.15) is 11.4 Å². The quantitative estimate of drug-likeness (QED) is 0.761. The molecule has 0 fully saturated rings. The molecule has 0 aliphatic heterocycles. The average Bonchev–Trinajstić information content (AvgIpc) is 2.33. The number of H-pyrrole nitrogens is 2. The van der Waals surface area contributed by atoms with Gasteiger partial charge in [-0.3, -0.25) is 14.6 Å². The van der Waals surface area contributed by atoms with Crippen molar-refractivity contribution >= 4 is 39.1 Å². The van der Waals surface area contributed by atoms with Crippen molar-refractivity contribution in [2.75, 3.05) is 5.32 Å². The lowest BCUT2D eigenvalue weighted by molar-refractivity contribution is 0.102. The van der Waals surface area contributed by atoms with Crippen molar-refractivity contribution in [2.45, 2.75) is 0 Å². The summed E-state index contributed by atoms with van der Waals surface area (Å²) in [6.45, 7) is 0. The Morgan fingerprint density at radius 3 is 2.65 bits per heavy atom. The first-order chi connectivity index (χ1) is 9.38. The molecule has 2 aromatic rings. The molecule has 0 bridgehead atoms. The molecule has 0 atom stereocenters. The normalized spacial score (nSPS) is 10.3. The lowest BCUT2D eigenvalue weighted by Crippen LogP contribution is -2.29. The maximum Gasteiger partial charge on any atom is 0.325 e. The van der Waals surface area contributed by atoms with Gasteiger partial charge in [0, 0.05) is 10.7 Å². The number of hydrogen-bond donors (Lipinski definition) is 3. The van der Waals surface area contributed by atoms with E-state index >= 15 is 0 Å². The smallest absolute Gasteiger partial charge is 0.319 e. The van der Waals surface area contributed by atoms with Crippen molar-refractivity contribution in [3.63, 3.8) is 0 Å². The van der Waals surface area contributed by atoms with Gasteiger partial charge in [-0.15, -0.1) is 0 Å². The number of anilines is 1. The van der Waals surface area contributed by atoms with Crippen LogP contribution in [0.5, 0.6) is 0 Å². The van der Waals surface area contributed by atoms with Crippen molar-refractivity contribution in [2.24, 2.45) is 0 Å². The minimum absolute atomic E-state index is 0.0360. The second-order valence-corrected chi connectivity index (χ2v) is 4.95. The van der Waals surface area contributed by atoms with E-state index in [2.05, 4.69) is 26.2 Å². The van der Waals surface area contributed by atoms with Crippen molar-refractivity contribution in [1.29, 1.82) is 0 Å². The molecule has 104 valence electrons. The number of aromatic nitrogens is 2. The van der Waals surface area contributed by atoms with Crippen LogP contribution in [0.2, 0.25) is 5.02 Å². The monoisotopic (exact) mass is 361 g/mol. The highest BCUT2D eigenvalue weighted by atomic mass is 79.9. The summed E-state index contributed by atoms with van der Waals surface area (Å²) in [4.78, 5) is 38.3. The number of amides is 1. The Morgan fingerprint density at radius 2 is 2.05 bits per heavy atom. The Hall–Kier alpha value is -1.93. The topological polar surface area (TPSA) is 94.8 Å². The predicted octanol–water partition coefficient (Wildman–Crippen LogP) is 1.87. The Bertz CT molecular complexity index is 779. The second kappa shape index (κ2) is 5.59. The molecule has 0 aliphatic carbocycles. The molecule has 0 spiro atoms. The molecule has 9 heteroatoms. The van der Waals surface area contributed by atoms with Crippen LogP contribution in [0.3, 0.4) is 0 Å². The van der Waals surface area contributed by atoms with E-state index in [1.54, 1.807) is 0 Å². The van der Waals surface area contributed by atoms with Crippen molar-refractivity contribution < 1.29 is 9.18 Å². The molecule has 0 radical (unpaired) electrons. The predicted molar refractivity (Wildman–Crippen MR) is 74.7 cm³/mol. The molecule has 1 aromatic heterocycles. The average molecular weight is 363 g/mol. The molecular formula is C11H6BrClFN3O3. The summed E-state index contributed by atoms with van der Waals surface area (Å²) in [5.74, 6) is -1.38. The number of hydrogen-bond acceptors (Lipinski definition) is 3. The SMILES string of the molecule is O=C(Nc1c(Cl)cc(F)cc1Br)c1c[nH]c(=O)[nH]c1=O. The van der Waals surface area contributed by atoms with Crippen LogP contribution in [-0.4, -0.2) is 15.9 Å². The zero-order valence-corrected chi connectivity index (χ0v) is 11.9. The van der Waals surface area contributed by atoms with Crippen molar-refractivity contribution in [3.8, 4) is 0 Å². The first-order valence-corrected chi connectivity index (χ1v) is 6.33. The first-order valence-electron chi connectivity index (χ1n) is 5.16. The van der Waals surface area contributed by atoms with Crippen LogP contribution in [0.15, 0.2) is 32.4 Å². The number of carbonyl (C=O) groups is 1. The van der Waals surface area contributed by atoms with Gasteiger partial charge < -0.3 is 10.3 Å². The fourth-order valence-electron chi connectivity index (χ4n) is 1.42. The summed E-state index contributed by atoms with van der Waals surface area (Å²) in [5, 5.41) is 2.32. The molecule has 20 heavy (non-hydrogen) atoms. The number of aromatic amines is 2. The van der Waals surface area contributed by atoms with Crippen LogP contribution < -0.4 is 16.6 Å². The summed E-state index contributed by atoms with van der Waals surface area (Å²) in [5.41, 5.74) is -1.77. The van der Waals surface area contributed by atoms with Crippen LogP contribution in [0.1, 0.15) is 10.4 Å². The van der Waals surface area contributed by atoms with E-state index in [1.165, 1.54) is 0 Å². The van der Waals surface area contributed by atoms with Crippen molar-refractivity contribution in [3.05, 3.63) is 60.0 Å². The molecule has 1 amide bonds. The third-order valence-electron chi connectivity index (χ3n) is 2.31. The standard InChI is InChI=1S/C11H6BrClFN3O3/c12-6-1-4(14)2-7(13)8(6)16-9(18)5-3-15-11(20)17-10(5)19/h1-3H,(H,16,18)(H2,15,17,19,20). The van der Waals surface area contributed by atoms with Gasteiger partial charge in [0.05, 0.1) is 10.7 Å². The van der Waals surface area contributed by atoms with Crippen molar-refractivity contribution in [1.82, 2.24) is 9.97 Å². The Kier molecular flexibility index (Phi) is 4.05. The largest absolute Gasteiger partial charge is 0.325 e. The van der Waals surface area contributed by atoms with Gasteiger partial charge in [0.2, 0.25) is 0 Å². The molecule has 1 aromatic carbocycles. The van der Waals surface area contributed by atoms with Crippen LogP contribution >= 0.6 is 27.5 Å². The van der Waals surface area contributed by atoms with Crippen LogP contribution in [0, 0.1) is 5.82 Å². The van der Waals surface area contributed by atoms with Gasteiger partial charge in [-0.1, -0.05) is 11.6 Å². The highest BCUT2D eigenvalue weighted by molar-refractivity contribution is 9.10. The third-order valence-corrected chi connectivity index (χ3v) is 3.23. The van der Waals surface area contributed by atoms with Gasteiger partial charge >= 0.3 is 5.69 Å². The van der Waals surface area contributed by atoms with Gasteiger partial charge in [0.25, 0.3) is 11.5 Å². The summed E-state index contributed by atoms with van der Waals surface area (Å²) >= 11 is 8.85. The van der Waals surface area contributed by atoms with E-state index in [0.717, 1.165) is 18.3 Å². The molecule has 1 heterocycles. The molecule has 6 nitrogen and oxygen atoms in total. The second-order valence-electron chi connectivity index (χ2n) is 3.68. The molecule has 0 unspecified atom stereocenters. The summed E-state index contributed by atoms with van der Waals surface area (Å²) in [6.07, 6.45) is 0.974. The number of carbonyl (C=O) groups excluding carboxylic acids is 1. The van der Waals surface area contributed by atoms with Gasteiger partial charge in [0.15, 0.2) is 0 Å². The van der Waals surface area contributed by atoms with Gasteiger partial charge in [-0.25, -0.2) is 9.18 Å². The molecule has 2 rings (SSSR count). The third kappa shape index (κ3) is 2.97. The zero-order valence-electron chi connectivity index (χ0n) is 9.59. The number of rotatable bonds is 2. The van der Waals surface area contributed by atoms with Crippen LogP contribution in [0.4, 0.5) is 10.1 Å². The number of halogens is 3. The summed E-state index contributed by atoms with van der Waals surface area (Å²) < 4.78 is 13.3. The number of nitrogens with one attached hydrogen (secondary N) is 3. The lowest BCUT2D eigenvalue weighted by Gasteiger charge is -2.09. The maximum absolute atomic E-state index is 13.1. The first kappa shape index (κ1) is 14.5. The van der Waals surface area contributed by atoms with E-state index < -0.39 is 23.0 Å². The number of benzene rings is 1. The highest BCUT2D eigenvalue weighted by Crippen LogP contribution is 2.31. The fourth-order valence-corrected chi connectivity index (χ4v) is 2.32. The molecule has 0 aliphatic rings. The van der Waals surface area contributed by atoms with E-state index in [0.29, 0.717) is 0 Å². The lowest BCUT2D eigenvalue weighted by atomic mass is 10.2. The van der Waals surface area contributed by atoms with E-state index in [-0.39, 0.29) is 20.7 Å². The van der Waals surface area contributed by atoms with E-state index in [9.17, 15) is 18.8 Å². The molecule has 0 saturated heterocycles. The van der Waals surface area contributed by atoms with Crippen LogP contribution in [-0.2, 0) is 0 Å². The fraction of sp³-hybridized carbons (Fsp3) is 0. The van der Waals surface area contributed by atoms with Gasteiger partial charge in [-0.05, 0) is 28.1 Å². The zero-order chi connectivity index (χ0) is 14.9. The van der Waals surface area contributed by atoms with E-state index in [4.69, 9.17) is 11.6 Å². The highest BCUT2D eigenvalue weighted by Gasteiger charge is 2.15. The Balaban J connectivity index is 2.38.